The number of anilines is 1. The summed E-state index contributed by atoms with van der Waals surface area (Å²) in [6, 6.07) is 6.40. The standard InChI is InChI=1S/C14H18N4O2S/c1-17-9-8-16-14(17)10-18(12-4-5-12)21(19,20)13-6-2-11(15)3-7-13/h2-3,6-9,12H,4-5,10,15H2,1H3. The molecule has 0 spiro atoms. The predicted molar refractivity (Wildman–Crippen MR) is 79.8 cm³/mol. The summed E-state index contributed by atoms with van der Waals surface area (Å²) in [5.74, 6) is 0.737. The van der Waals surface area contributed by atoms with Crippen molar-refractivity contribution in [3.8, 4) is 0 Å². The van der Waals surface area contributed by atoms with E-state index in [-0.39, 0.29) is 10.9 Å². The number of aryl methyl sites for hydroxylation is 1. The van der Waals surface area contributed by atoms with Crippen LogP contribution in [0.3, 0.4) is 0 Å². The average molecular weight is 306 g/mol. The van der Waals surface area contributed by atoms with Gasteiger partial charge in [-0.3, -0.25) is 0 Å². The molecule has 112 valence electrons. The highest BCUT2D eigenvalue weighted by Gasteiger charge is 2.38. The van der Waals surface area contributed by atoms with Crippen molar-refractivity contribution in [1.82, 2.24) is 13.9 Å². The number of nitrogen functional groups attached to an aromatic ring is 1. The lowest BCUT2D eigenvalue weighted by Crippen LogP contribution is -2.33. The van der Waals surface area contributed by atoms with E-state index in [0.29, 0.717) is 12.2 Å². The van der Waals surface area contributed by atoms with Crippen molar-refractivity contribution in [2.45, 2.75) is 30.3 Å². The van der Waals surface area contributed by atoms with Crippen LogP contribution in [-0.4, -0.2) is 28.3 Å². The number of hydrogen-bond acceptors (Lipinski definition) is 4. The highest BCUT2D eigenvalue weighted by molar-refractivity contribution is 7.89. The van der Waals surface area contributed by atoms with Gasteiger partial charge in [0.15, 0.2) is 0 Å². The molecule has 6 nitrogen and oxygen atoms in total. The first-order valence-electron chi connectivity index (χ1n) is 6.82. The van der Waals surface area contributed by atoms with Crippen LogP contribution < -0.4 is 5.73 Å². The molecule has 0 amide bonds. The number of hydrogen-bond donors (Lipinski definition) is 1. The molecule has 3 rings (SSSR count). The van der Waals surface area contributed by atoms with Gasteiger partial charge in [0.2, 0.25) is 10.0 Å². The summed E-state index contributed by atoms with van der Waals surface area (Å²) in [5.41, 5.74) is 6.18. The fourth-order valence-corrected chi connectivity index (χ4v) is 3.88. The lowest BCUT2D eigenvalue weighted by molar-refractivity contribution is 0.385. The largest absolute Gasteiger partial charge is 0.399 e. The Morgan fingerprint density at radius 3 is 2.52 bits per heavy atom. The van der Waals surface area contributed by atoms with E-state index in [1.807, 2.05) is 17.8 Å². The van der Waals surface area contributed by atoms with Crippen molar-refractivity contribution < 1.29 is 8.42 Å². The first-order valence-corrected chi connectivity index (χ1v) is 8.26. The first-order chi connectivity index (χ1) is 9.98. The minimum atomic E-state index is -3.52. The van der Waals surface area contributed by atoms with Crippen LogP contribution in [-0.2, 0) is 23.6 Å². The van der Waals surface area contributed by atoms with Crippen LogP contribution in [0.25, 0.3) is 0 Å². The van der Waals surface area contributed by atoms with Gasteiger partial charge in [-0.1, -0.05) is 0 Å². The van der Waals surface area contributed by atoms with Crippen molar-refractivity contribution in [2.75, 3.05) is 5.73 Å². The predicted octanol–water partition coefficient (Wildman–Crippen LogP) is 1.36. The number of nitrogens with zero attached hydrogens (tertiary/aromatic N) is 3. The molecule has 0 bridgehead atoms. The second-order valence-corrected chi connectivity index (χ2v) is 7.20. The third-order valence-corrected chi connectivity index (χ3v) is 5.57. The van der Waals surface area contributed by atoms with Crippen LogP contribution in [0.4, 0.5) is 5.69 Å². The van der Waals surface area contributed by atoms with Crippen molar-refractivity contribution in [3.63, 3.8) is 0 Å². The maximum Gasteiger partial charge on any atom is 0.243 e. The summed E-state index contributed by atoms with van der Waals surface area (Å²) >= 11 is 0. The Bertz CT molecular complexity index is 733. The molecule has 21 heavy (non-hydrogen) atoms. The molecule has 1 aromatic heterocycles. The SMILES string of the molecule is Cn1ccnc1CN(C1CC1)S(=O)(=O)c1ccc(N)cc1. The van der Waals surface area contributed by atoms with Gasteiger partial charge >= 0.3 is 0 Å². The van der Waals surface area contributed by atoms with Gasteiger partial charge in [0.25, 0.3) is 0 Å². The minimum absolute atomic E-state index is 0.0734. The topological polar surface area (TPSA) is 81.2 Å². The van der Waals surface area contributed by atoms with Gasteiger partial charge in [0.05, 0.1) is 11.4 Å². The Morgan fingerprint density at radius 2 is 2.00 bits per heavy atom. The van der Waals surface area contributed by atoms with Gasteiger partial charge in [-0.25, -0.2) is 13.4 Å². The molecule has 7 heteroatoms. The minimum Gasteiger partial charge on any atom is -0.399 e. The Labute approximate surface area is 124 Å². The van der Waals surface area contributed by atoms with E-state index in [1.165, 1.54) is 0 Å². The first kappa shape index (κ1) is 14.1. The number of aromatic nitrogens is 2. The monoisotopic (exact) mass is 306 g/mol. The molecule has 2 N–H and O–H groups in total. The maximum absolute atomic E-state index is 12.8. The zero-order chi connectivity index (χ0) is 15.0. The van der Waals surface area contributed by atoms with Crippen LogP contribution in [0.1, 0.15) is 18.7 Å². The van der Waals surface area contributed by atoms with E-state index in [9.17, 15) is 8.42 Å². The van der Waals surface area contributed by atoms with Crippen LogP contribution >= 0.6 is 0 Å². The van der Waals surface area contributed by atoms with E-state index in [4.69, 9.17) is 5.73 Å². The number of benzene rings is 1. The summed E-state index contributed by atoms with van der Waals surface area (Å²) in [7, 11) is -1.66. The fourth-order valence-electron chi connectivity index (χ4n) is 2.24. The lowest BCUT2D eigenvalue weighted by atomic mass is 10.3. The number of sulfonamides is 1. The van der Waals surface area contributed by atoms with Crippen LogP contribution in [0.15, 0.2) is 41.6 Å². The normalized spacial score (nSPS) is 15.5. The quantitative estimate of drug-likeness (QED) is 0.846. The molecule has 0 saturated heterocycles. The third-order valence-electron chi connectivity index (χ3n) is 3.66. The second kappa shape index (κ2) is 5.16. The molecule has 1 aliphatic carbocycles. The molecule has 1 saturated carbocycles. The Morgan fingerprint density at radius 1 is 1.33 bits per heavy atom. The van der Waals surface area contributed by atoms with E-state index in [1.54, 1.807) is 34.8 Å². The van der Waals surface area contributed by atoms with E-state index >= 15 is 0 Å². The Balaban J connectivity index is 1.93. The highest BCUT2D eigenvalue weighted by atomic mass is 32.2. The lowest BCUT2D eigenvalue weighted by Gasteiger charge is -2.21. The summed E-state index contributed by atoms with van der Waals surface area (Å²) in [4.78, 5) is 4.50. The fraction of sp³-hybridized carbons (Fsp3) is 0.357. The van der Waals surface area contributed by atoms with Crippen LogP contribution in [0.5, 0.6) is 0 Å². The highest BCUT2D eigenvalue weighted by Crippen LogP contribution is 2.33. The van der Waals surface area contributed by atoms with Crippen molar-refractivity contribution in [3.05, 3.63) is 42.5 Å². The summed E-state index contributed by atoms with van der Waals surface area (Å²) in [5, 5.41) is 0. The molecule has 2 aromatic rings. The Kier molecular flexibility index (Phi) is 3.46. The van der Waals surface area contributed by atoms with Crippen LogP contribution in [0.2, 0.25) is 0 Å². The molecule has 0 unspecified atom stereocenters. The molecular weight excluding hydrogens is 288 g/mol. The summed E-state index contributed by atoms with van der Waals surface area (Å²) in [6.45, 7) is 0.293. The van der Waals surface area contributed by atoms with Crippen molar-refractivity contribution in [1.29, 1.82) is 0 Å². The van der Waals surface area contributed by atoms with E-state index in [2.05, 4.69) is 4.98 Å². The van der Waals surface area contributed by atoms with Crippen molar-refractivity contribution in [2.24, 2.45) is 7.05 Å². The number of nitrogens with two attached hydrogens (primary N) is 1. The number of imidazole rings is 1. The zero-order valence-corrected chi connectivity index (χ0v) is 12.6. The van der Waals surface area contributed by atoms with Gasteiger partial charge in [-0.2, -0.15) is 4.31 Å². The smallest absolute Gasteiger partial charge is 0.243 e. The van der Waals surface area contributed by atoms with Gasteiger partial charge in [-0.15, -0.1) is 0 Å². The van der Waals surface area contributed by atoms with Crippen LogP contribution in [0, 0.1) is 0 Å². The molecule has 0 aliphatic heterocycles. The summed E-state index contributed by atoms with van der Waals surface area (Å²) < 4.78 is 29.0. The molecular formula is C14H18N4O2S. The maximum atomic E-state index is 12.8. The molecule has 1 aliphatic rings. The molecule has 0 atom stereocenters. The van der Waals surface area contributed by atoms with Gasteiger partial charge in [-0.05, 0) is 37.1 Å². The van der Waals surface area contributed by atoms with E-state index in [0.717, 1.165) is 18.7 Å². The van der Waals surface area contributed by atoms with E-state index < -0.39 is 10.0 Å². The number of rotatable bonds is 5. The average Bonchev–Trinajstić information content (AvgIpc) is 3.20. The molecule has 0 radical (unpaired) electrons. The second-order valence-electron chi connectivity index (χ2n) is 5.30. The van der Waals surface area contributed by atoms with Crippen molar-refractivity contribution >= 4 is 15.7 Å². The molecule has 1 fully saturated rings. The van der Waals surface area contributed by atoms with Gasteiger partial charge in [0.1, 0.15) is 5.82 Å². The Hall–Kier alpha value is -1.86. The third kappa shape index (κ3) is 2.79. The molecule has 1 aromatic carbocycles. The summed E-state index contributed by atoms with van der Waals surface area (Å²) in [6.07, 6.45) is 5.30. The zero-order valence-electron chi connectivity index (χ0n) is 11.8. The van der Waals surface area contributed by atoms with Gasteiger partial charge < -0.3 is 10.3 Å². The van der Waals surface area contributed by atoms with Gasteiger partial charge in [0, 0.05) is 31.2 Å². The molecule has 1 heterocycles.